The zero-order valence-corrected chi connectivity index (χ0v) is 7.85. The second-order valence-corrected chi connectivity index (χ2v) is 2.21. The van der Waals surface area contributed by atoms with Crippen LogP contribution in [0.15, 0.2) is 24.3 Å². The summed E-state index contributed by atoms with van der Waals surface area (Å²) < 4.78 is 22.8. The van der Waals surface area contributed by atoms with Crippen molar-refractivity contribution in [3.05, 3.63) is 24.3 Å². The minimum atomic E-state index is -2.61. The van der Waals surface area contributed by atoms with Crippen molar-refractivity contribution in [2.24, 2.45) is 0 Å². The van der Waals surface area contributed by atoms with Gasteiger partial charge in [-0.2, -0.15) is 4.21 Å². The molecule has 0 radical (unpaired) electrons. The predicted octanol–water partition coefficient (Wildman–Crippen LogP) is 0.594. The highest BCUT2D eigenvalue weighted by molar-refractivity contribution is 7.73. The molecule has 0 aliphatic carbocycles. The first-order chi connectivity index (χ1) is 6.52. The van der Waals surface area contributed by atoms with Crippen LogP contribution in [-0.2, 0) is 16.2 Å². The maximum absolute atomic E-state index is 8.67. The number of aromatic hydroxyl groups is 2. The van der Waals surface area contributed by atoms with E-state index < -0.39 is 11.4 Å². The predicted molar refractivity (Wildman–Crippen MR) is 50.3 cm³/mol. The van der Waals surface area contributed by atoms with E-state index in [0.29, 0.717) is 0 Å². The summed E-state index contributed by atoms with van der Waals surface area (Å²) in [5, 5.41) is 17.3. The van der Waals surface area contributed by atoms with E-state index in [2.05, 4.69) is 0 Å². The van der Waals surface area contributed by atoms with Gasteiger partial charge >= 0.3 is 0 Å². The first-order valence-electron chi connectivity index (χ1n) is 3.09. The Kier molecular flexibility index (Phi) is 10.4. The summed E-state index contributed by atoms with van der Waals surface area (Å²) in [5.74, 6) is 0.339. The molecule has 0 saturated carbocycles. The topological polar surface area (TPSA) is 115 Å². The summed E-state index contributed by atoms with van der Waals surface area (Å²) in [6.07, 6.45) is 0. The lowest BCUT2D eigenvalue weighted by Gasteiger charge is -1.88. The van der Waals surface area contributed by atoms with Gasteiger partial charge in [0.05, 0.1) is 0 Å². The van der Waals surface area contributed by atoms with Crippen LogP contribution in [0.2, 0.25) is 0 Å². The molecule has 14 heavy (non-hydrogen) atoms. The molecule has 1 aromatic carbocycles. The normalized spacial score (nSPS) is 7.93. The Bertz CT molecular complexity index is 234. The van der Waals surface area contributed by atoms with E-state index in [0.717, 1.165) is 0 Å². The fourth-order valence-electron chi connectivity index (χ4n) is 0.453. The van der Waals surface area contributed by atoms with Gasteiger partial charge in [0, 0.05) is 0 Å². The SMILES string of the molecule is C=O.O=S(O)O.Oc1ccc(O)cc1. The van der Waals surface area contributed by atoms with E-state index in [1.165, 1.54) is 24.3 Å². The van der Waals surface area contributed by atoms with Crippen LogP contribution in [0.5, 0.6) is 11.5 Å². The molecule has 0 aromatic heterocycles. The van der Waals surface area contributed by atoms with E-state index in [1.54, 1.807) is 0 Å². The lowest BCUT2D eigenvalue weighted by Crippen LogP contribution is -1.74. The van der Waals surface area contributed by atoms with Crippen molar-refractivity contribution in [1.82, 2.24) is 0 Å². The van der Waals surface area contributed by atoms with Crippen LogP contribution < -0.4 is 0 Å². The minimum Gasteiger partial charge on any atom is -0.508 e. The third-order valence-electron chi connectivity index (χ3n) is 0.850. The maximum Gasteiger partial charge on any atom is 0.299 e. The van der Waals surface area contributed by atoms with E-state index in [1.807, 2.05) is 6.79 Å². The number of benzene rings is 1. The van der Waals surface area contributed by atoms with Crippen molar-refractivity contribution in [3.63, 3.8) is 0 Å². The highest BCUT2D eigenvalue weighted by Gasteiger charge is 1.84. The highest BCUT2D eigenvalue weighted by Crippen LogP contribution is 2.13. The van der Waals surface area contributed by atoms with Crippen molar-refractivity contribution in [3.8, 4) is 11.5 Å². The Labute approximate surface area is 82.9 Å². The summed E-state index contributed by atoms with van der Waals surface area (Å²) in [4.78, 5) is 8.00. The molecule has 0 amide bonds. The third kappa shape index (κ3) is 13.2. The van der Waals surface area contributed by atoms with E-state index in [-0.39, 0.29) is 11.5 Å². The van der Waals surface area contributed by atoms with Crippen LogP contribution in [0.1, 0.15) is 0 Å². The quantitative estimate of drug-likeness (QED) is 0.377. The number of hydrogen-bond acceptors (Lipinski definition) is 4. The molecular weight excluding hydrogens is 212 g/mol. The van der Waals surface area contributed by atoms with Crippen LogP contribution >= 0.6 is 0 Å². The van der Waals surface area contributed by atoms with E-state index in [9.17, 15) is 0 Å². The number of rotatable bonds is 0. The number of carbonyl (C=O) groups is 1. The van der Waals surface area contributed by atoms with Gasteiger partial charge in [-0.25, -0.2) is 0 Å². The minimum absolute atomic E-state index is 0.169. The van der Waals surface area contributed by atoms with Crippen molar-refractivity contribution < 1.29 is 28.3 Å². The molecule has 7 heteroatoms. The molecule has 1 rings (SSSR count). The maximum atomic E-state index is 8.67. The molecule has 0 heterocycles. The van der Waals surface area contributed by atoms with Crippen LogP contribution in [-0.4, -0.2) is 30.3 Å². The average Bonchev–Trinajstić information content (AvgIpc) is 2.13. The van der Waals surface area contributed by atoms with Crippen molar-refractivity contribution in [2.75, 3.05) is 0 Å². The molecular formula is C7H10O6S. The summed E-state index contributed by atoms with van der Waals surface area (Å²) in [5.41, 5.74) is 0. The molecule has 4 N–H and O–H groups in total. The van der Waals surface area contributed by atoms with Crippen LogP contribution in [0, 0.1) is 0 Å². The van der Waals surface area contributed by atoms with E-state index in [4.69, 9.17) is 28.3 Å². The zero-order valence-electron chi connectivity index (χ0n) is 7.03. The Morgan fingerprint density at radius 1 is 0.929 bits per heavy atom. The molecule has 1 aromatic rings. The van der Waals surface area contributed by atoms with Gasteiger partial charge in [0.1, 0.15) is 18.3 Å². The van der Waals surface area contributed by atoms with Gasteiger partial charge in [0.15, 0.2) is 0 Å². The third-order valence-corrected chi connectivity index (χ3v) is 0.850. The van der Waals surface area contributed by atoms with Gasteiger partial charge in [0.2, 0.25) is 0 Å². The lowest BCUT2D eigenvalue weighted by molar-refractivity contribution is -0.0979. The molecule has 6 nitrogen and oxygen atoms in total. The monoisotopic (exact) mass is 222 g/mol. The average molecular weight is 222 g/mol. The number of phenolic OH excluding ortho intramolecular Hbond substituents is 2. The molecule has 0 spiro atoms. The van der Waals surface area contributed by atoms with Gasteiger partial charge in [-0.05, 0) is 24.3 Å². The zero-order chi connectivity index (χ0) is 11.6. The highest BCUT2D eigenvalue weighted by atomic mass is 32.2. The smallest absolute Gasteiger partial charge is 0.299 e. The van der Waals surface area contributed by atoms with Crippen molar-refractivity contribution in [2.45, 2.75) is 0 Å². The first kappa shape index (κ1) is 15.1. The Morgan fingerprint density at radius 3 is 1.21 bits per heavy atom. The Balaban J connectivity index is 0. The summed E-state index contributed by atoms with van der Waals surface area (Å²) >= 11 is -2.61. The molecule has 0 aliphatic heterocycles. The van der Waals surface area contributed by atoms with Gasteiger partial charge in [0.25, 0.3) is 11.4 Å². The molecule has 0 saturated heterocycles. The largest absolute Gasteiger partial charge is 0.508 e. The van der Waals surface area contributed by atoms with Gasteiger partial charge in [-0.15, -0.1) is 0 Å². The van der Waals surface area contributed by atoms with Gasteiger partial charge in [-0.1, -0.05) is 0 Å². The van der Waals surface area contributed by atoms with Gasteiger partial charge in [-0.3, -0.25) is 9.11 Å². The van der Waals surface area contributed by atoms with Crippen molar-refractivity contribution >= 4 is 18.2 Å². The second kappa shape index (κ2) is 9.65. The summed E-state index contributed by atoms with van der Waals surface area (Å²) in [6.45, 7) is 2.00. The molecule has 80 valence electrons. The van der Waals surface area contributed by atoms with Crippen molar-refractivity contribution in [1.29, 1.82) is 0 Å². The van der Waals surface area contributed by atoms with Crippen LogP contribution in [0.4, 0.5) is 0 Å². The fourth-order valence-corrected chi connectivity index (χ4v) is 0.453. The molecule has 0 atom stereocenters. The Morgan fingerprint density at radius 2 is 1.07 bits per heavy atom. The molecule has 0 unspecified atom stereocenters. The number of phenols is 2. The Hall–Kier alpha value is -1.44. The molecule has 0 aliphatic rings. The lowest BCUT2D eigenvalue weighted by atomic mass is 10.3. The van der Waals surface area contributed by atoms with Crippen LogP contribution in [0.3, 0.4) is 0 Å². The number of carbonyl (C=O) groups excluding carboxylic acids is 1. The standard InChI is InChI=1S/C6H6O2.CH2O.H2O3S/c7-5-1-2-6(8)4-3-5;1-2;1-4(2)3/h1-4,7-8H;1H2;(H2,1,2,3). The second-order valence-electron chi connectivity index (χ2n) is 1.75. The van der Waals surface area contributed by atoms with Gasteiger partial charge < -0.3 is 15.0 Å². The van der Waals surface area contributed by atoms with E-state index >= 15 is 0 Å². The summed E-state index contributed by atoms with van der Waals surface area (Å²) in [6, 6.07) is 5.70. The molecule has 0 fully saturated rings. The number of hydrogen-bond donors (Lipinski definition) is 4. The van der Waals surface area contributed by atoms with Crippen LogP contribution in [0.25, 0.3) is 0 Å². The summed E-state index contributed by atoms with van der Waals surface area (Å²) in [7, 11) is 0. The molecule has 0 bridgehead atoms. The fraction of sp³-hybridized carbons (Fsp3) is 0. The first-order valence-corrected chi connectivity index (χ1v) is 4.15.